The van der Waals surface area contributed by atoms with E-state index in [4.69, 9.17) is 5.73 Å². The number of alkyl halides is 3. The first-order chi connectivity index (χ1) is 10.7. The van der Waals surface area contributed by atoms with E-state index in [-0.39, 0.29) is 17.9 Å². The molecule has 0 saturated carbocycles. The van der Waals surface area contributed by atoms with Gasteiger partial charge < -0.3 is 15.7 Å². The second-order valence-corrected chi connectivity index (χ2v) is 6.86. The maximum Gasteiger partial charge on any atom is 0.416 e. The Kier molecular flexibility index (Phi) is 5.57. The lowest BCUT2D eigenvalue weighted by Crippen LogP contribution is -2.48. The van der Waals surface area contributed by atoms with Crippen molar-refractivity contribution in [1.29, 1.82) is 0 Å². The van der Waals surface area contributed by atoms with Gasteiger partial charge in [0.1, 0.15) is 0 Å². The van der Waals surface area contributed by atoms with E-state index in [2.05, 4.69) is 0 Å². The first-order valence-corrected chi connectivity index (χ1v) is 8.02. The van der Waals surface area contributed by atoms with E-state index in [0.717, 1.165) is 12.5 Å². The Morgan fingerprint density at radius 3 is 2.61 bits per heavy atom. The average Bonchev–Trinajstić information content (AvgIpc) is 2.45. The summed E-state index contributed by atoms with van der Waals surface area (Å²) >= 11 is 0. The molecule has 3 unspecified atom stereocenters. The van der Waals surface area contributed by atoms with Gasteiger partial charge in [0.05, 0.1) is 11.7 Å². The molecule has 0 radical (unpaired) electrons. The van der Waals surface area contributed by atoms with Gasteiger partial charge in [-0.05, 0) is 42.9 Å². The van der Waals surface area contributed by atoms with Crippen molar-refractivity contribution in [2.45, 2.75) is 45.0 Å². The zero-order valence-corrected chi connectivity index (χ0v) is 13.6. The molecule has 0 amide bonds. The summed E-state index contributed by atoms with van der Waals surface area (Å²) < 4.78 is 38.6. The van der Waals surface area contributed by atoms with Gasteiger partial charge in [-0.3, -0.25) is 0 Å². The molecular weight excluding hydrogens is 305 g/mol. The van der Waals surface area contributed by atoms with Gasteiger partial charge in [0, 0.05) is 24.8 Å². The van der Waals surface area contributed by atoms with Gasteiger partial charge >= 0.3 is 6.18 Å². The van der Waals surface area contributed by atoms with Crippen LogP contribution in [-0.2, 0) is 6.18 Å². The van der Waals surface area contributed by atoms with Crippen LogP contribution in [-0.4, -0.2) is 30.3 Å². The number of nitrogens with zero attached hydrogens (tertiary/aromatic N) is 1. The lowest BCUT2D eigenvalue weighted by atomic mass is 9.87. The quantitative estimate of drug-likeness (QED) is 0.891. The van der Waals surface area contributed by atoms with Crippen molar-refractivity contribution in [3.05, 3.63) is 29.8 Å². The minimum Gasteiger partial charge on any atom is -0.393 e. The number of hydrogen-bond acceptors (Lipinski definition) is 3. The zero-order chi connectivity index (χ0) is 17.2. The molecule has 2 rings (SSSR count). The van der Waals surface area contributed by atoms with Crippen molar-refractivity contribution in [2.75, 3.05) is 18.0 Å². The Labute approximate surface area is 135 Å². The van der Waals surface area contributed by atoms with E-state index in [1.807, 2.05) is 18.7 Å². The van der Waals surface area contributed by atoms with Gasteiger partial charge in [-0.15, -0.1) is 0 Å². The highest BCUT2D eigenvalue weighted by Gasteiger charge is 2.32. The van der Waals surface area contributed by atoms with Gasteiger partial charge in [0.2, 0.25) is 0 Å². The Hall–Kier alpha value is -1.27. The lowest BCUT2D eigenvalue weighted by molar-refractivity contribution is -0.137. The van der Waals surface area contributed by atoms with Crippen LogP contribution in [0.3, 0.4) is 0 Å². The number of aliphatic hydroxyl groups is 1. The number of rotatable bonds is 4. The highest BCUT2D eigenvalue weighted by atomic mass is 19.4. The minimum atomic E-state index is -4.35. The molecule has 1 saturated heterocycles. The molecule has 130 valence electrons. The number of hydrogen-bond donors (Lipinski definition) is 2. The van der Waals surface area contributed by atoms with Crippen LogP contribution in [0.25, 0.3) is 0 Å². The molecule has 0 spiro atoms. The molecule has 1 aromatic carbocycles. The van der Waals surface area contributed by atoms with Gasteiger partial charge in [0.25, 0.3) is 0 Å². The fourth-order valence-corrected chi connectivity index (χ4v) is 3.12. The maximum atomic E-state index is 12.9. The fraction of sp³-hybridized carbons (Fsp3) is 0.647. The van der Waals surface area contributed by atoms with Crippen molar-refractivity contribution in [3.63, 3.8) is 0 Å². The molecule has 0 bridgehead atoms. The Morgan fingerprint density at radius 1 is 1.30 bits per heavy atom. The van der Waals surface area contributed by atoms with Crippen molar-refractivity contribution < 1.29 is 18.3 Å². The standard InChI is InChI=1S/C17H25F3N2O/c1-11(2)16(23)7-12-6-14(21)10-22(9-12)15-5-3-4-13(8-15)17(18,19)20/h3-5,8,11-12,14,16,23H,6-7,9-10,21H2,1-2H3. The maximum absolute atomic E-state index is 12.9. The van der Waals surface area contributed by atoms with Crippen LogP contribution in [0.15, 0.2) is 24.3 Å². The van der Waals surface area contributed by atoms with Gasteiger partial charge in [-0.25, -0.2) is 0 Å². The number of nitrogens with two attached hydrogens (primary N) is 1. The molecule has 1 aromatic rings. The molecule has 6 heteroatoms. The molecule has 1 heterocycles. The van der Waals surface area contributed by atoms with Crippen LogP contribution >= 0.6 is 0 Å². The van der Waals surface area contributed by atoms with Crippen molar-refractivity contribution in [2.24, 2.45) is 17.6 Å². The summed E-state index contributed by atoms with van der Waals surface area (Å²) in [6.07, 6.45) is -3.34. The van der Waals surface area contributed by atoms with E-state index >= 15 is 0 Å². The van der Waals surface area contributed by atoms with Gasteiger partial charge in [-0.1, -0.05) is 19.9 Å². The van der Waals surface area contributed by atoms with Gasteiger partial charge in [-0.2, -0.15) is 13.2 Å². The van der Waals surface area contributed by atoms with E-state index in [1.165, 1.54) is 12.1 Å². The highest BCUT2D eigenvalue weighted by Crippen LogP contribution is 2.33. The Morgan fingerprint density at radius 2 is 2.00 bits per heavy atom. The molecule has 3 atom stereocenters. The first kappa shape index (κ1) is 18.1. The topological polar surface area (TPSA) is 49.5 Å². The SMILES string of the molecule is CC(C)C(O)CC1CC(N)CN(c2cccc(C(F)(F)F)c2)C1. The third kappa shape index (κ3) is 4.85. The van der Waals surface area contributed by atoms with Gasteiger partial charge in [0.15, 0.2) is 0 Å². The third-order valence-corrected chi connectivity index (χ3v) is 4.45. The average molecular weight is 330 g/mol. The van der Waals surface area contributed by atoms with Crippen LogP contribution in [0, 0.1) is 11.8 Å². The monoisotopic (exact) mass is 330 g/mol. The summed E-state index contributed by atoms with van der Waals surface area (Å²) in [5, 5.41) is 10.1. The predicted molar refractivity (Wildman–Crippen MR) is 85.2 cm³/mol. The number of halogens is 3. The normalized spacial score (nSPS) is 24.1. The summed E-state index contributed by atoms with van der Waals surface area (Å²) in [7, 11) is 0. The van der Waals surface area contributed by atoms with Crippen LogP contribution in [0.2, 0.25) is 0 Å². The van der Waals surface area contributed by atoms with E-state index in [0.29, 0.717) is 25.2 Å². The second-order valence-electron chi connectivity index (χ2n) is 6.86. The zero-order valence-electron chi connectivity index (χ0n) is 13.6. The molecule has 3 nitrogen and oxygen atoms in total. The Bertz CT molecular complexity index is 519. The Balaban J connectivity index is 2.13. The largest absolute Gasteiger partial charge is 0.416 e. The van der Waals surface area contributed by atoms with Crippen LogP contribution < -0.4 is 10.6 Å². The fourth-order valence-electron chi connectivity index (χ4n) is 3.12. The summed E-state index contributed by atoms with van der Waals surface area (Å²) in [5.74, 6) is 0.348. The molecule has 1 aliphatic heterocycles. The van der Waals surface area contributed by atoms with E-state index in [1.54, 1.807) is 6.07 Å². The third-order valence-electron chi connectivity index (χ3n) is 4.45. The van der Waals surface area contributed by atoms with E-state index in [9.17, 15) is 18.3 Å². The van der Waals surface area contributed by atoms with Crippen LogP contribution in [0.5, 0.6) is 0 Å². The molecule has 0 aromatic heterocycles. The van der Waals surface area contributed by atoms with Crippen LogP contribution in [0.1, 0.15) is 32.3 Å². The lowest BCUT2D eigenvalue weighted by Gasteiger charge is -2.39. The molecule has 3 N–H and O–H groups in total. The number of benzene rings is 1. The molecule has 0 aliphatic carbocycles. The highest BCUT2D eigenvalue weighted by molar-refractivity contribution is 5.50. The van der Waals surface area contributed by atoms with E-state index < -0.39 is 17.8 Å². The predicted octanol–water partition coefficient (Wildman–Crippen LogP) is 3.27. The van der Waals surface area contributed by atoms with Crippen molar-refractivity contribution in [3.8, 4) is 0 Å². The smallest absolute Gasteiger partial charge is 0.393 e. The second kappa shape index (κ2) is 7.09. The van der Waals surface area contributed by atoms with Crippen molar-refractivity contribution >= 4 is 5.69 Å². The number of aliphatic hydroxyl groups excluding tert-OH is 1. The molecule has 1 fully saturated rings. The van der Waals surface area contributed by atoms with Crippen molar-refractivity contribution in [1.82, 2.24) is 0 Å². The molecule has 23 heavy (non-hydrogen) atoms. The number of anilines is 1. The summed E-state index contributed by atoms with van der Waals surface area (Å²) in [5.41, 5.74) is 5.98. The molecular formula is C17H25F3N2O. The number of piperidine rings is 1. The summed E-state index contributed by atoms with van der Waals surface area (Å²) in [4.78, 5) is 1.90. The van der Waals surface area contributed by atoms with Crippen LogP contribution in [0.4, 0.5) is 18.9 Å². The summed E-state index contributed by atoms with van der Waals surface area (Å²) in [6, 6.07) is 5.27. The summed E-state index contributed by atoms with van der Waals surface area (Å²) in [6.45, 7) is 5.07. The minimum absolute atomic E-state index is 0.0948. The molecule has 1 aliphatic rings. The first-order valence-electron chi connectivity index (χ1n) is 8.02.